The summed E-state index contributed by atoms with van der Waals surface area (Å²) in [6.07, 6.45) is -3.72. The monoisotopic (exact) mass is 578 g/mol. The number of anilines is 2. The minimum atomic E-state index is -5.08. The van der Waals surface area contributed by atoms with Gasteiger partial charge in [-0.25, -0.2) is 17.5 Å². The molecule has 3 aromatic carbocycles. The summed E-state index contributed by atoms with van der Waals surface area (Å²) in [7, 11) is -3.37. The lowest BCUT2D eigenvalue weighted by Crippen LogP contribution is -2.19. The van der Waals surface area contributed by atoms with Gasteiger partial charge in [0.2, 0.25) is 10.9 Å². The van der Waals surface area contributed by atoms with Gasteiger partial charge in [-0.15, -0.1) is 13.2 Å². The predicted molar refractivity (Wildman–Crippen MR) is 143 cm³/mol. The molecule has 12 heteroatoms. The van der Waals surface area contributed by atoms with Gasteiger partial charge in [0.15, 0.2) is 0 Å². The molecule has 0 bridgehead atoms. The summed E-state index contributed by atoms with van der Waals surface area (Å²) in [4.78, 5) is 15.9. The van der Waals surface area contributed by atoms with Gasteiger partial charge in [-0.05, 0) is 52.9 Å². The van der Waals surface area contributed by atoms with Crippen molar-refractivity contribution in [2.24, 2.45) is 0 Å². The molecule has 0 saturated heterocycles. The van der Waals surface area contributed by atoms with Crippen LogP contribution in [0, 0.1) is 0 Å². The van der Waals surface area contributed by atoms with Crippen molar-refractivity contribution >= 4 is 50.7 Å². The molecule has 0 radical (unpaired) electrons. The number of rotatable bonds is 6. The van der Waals surface area contributed by atoms with Crippen molar-refractivity contribution in [2.45, 2.75) is 32.5 Å². The molecule has 0 aliphatic rings. The highest BCUT2D eigenvalue weighted by atomic mass is 35.5. The van der Waals surface area contributed by atoms with E-state index in [2.05, 4.69) is 9.72 Å². The second kappa shape index (κ2) is 10.4. The van der Waals surface area contributed by atoms with E-state index in [-0.39, 0.29) is 44.4 Å². The highest BCUT2D eigenvalue weighted by Gasteiger charge is 2.34. The Labute approximate surface area is 228 Å². The molecule has 1 aromatic heterocycles. The second-order valence-corrected chi connectivity index (χ2v) is 10.8. The smallest absolute Gasteiger partial charge is 0.478 e. The molecular formula is C27H22ClF3N2O5S. The first-order valence-corrected chi connectivity index (χ1v) is 12.9. The van der Waals surface area contributed by atoms with Crippen LogP contribution < -0.4 is 9.04 Å². The number of halogens is 4. The van der Waals surface area contributed by atoms with Gasteiger partial charge in [0.1, 0.15) is 5.75 Å². The van der Waals surface area contributed by atoms with Crippen LogP contribution >= 0.6 is 11.6 Å². The summed E-state index contributed by atoms with van der Waals surface area (Å²) < 4.78 is 69.8. The number of carboxylic acids is 1. The van der Waals surface area contributed by atoms with Gasteiger partial charge in [-0.3, -0.25) is 4.98 Å². The third kappa shape index (κ3) is 5.79. The molecule has 0 saturated carbocycles. The Hall–Kier alpha value is -3.83. The predicted octanol–water partition coefficient (Wildman–Crippen LogP) is 7.11. The number of thiol groups is 1. The van der Waals surface area contributed by atoms with Crippen LogP contribution in [0.15, 0.2) is 66.9 Å². The minimum Gasteiger partial charge on any atom is -0.478 e. The molecule has 0 unspecified atom stereocenters. The molecule has 0 aliphatic carbocycles. The van der Waals surface area contributed by atoms with E-state index in [1.807, 2.05) is 20.8 Å². The van der Waals surface area contributed by atoms with Gasteiger partial charge in [0.25, 0.3) is 0 Å². The number of hydrogen-bond acceptors (Lipinski definition) is 5. The Morgan fingerprint density at radius 2 is 1.67 bits per heavy atom. The van der Waals surface area contributed by atoms with E-state index >= 15 is 0 Å². The third-order valence-electron chi connectivity index (χ3n) is 5.95. The first-order valence-electron chi connectivity index (χ1n) is 11.4. The van der Waals surface area contributed by atoms with Crippen LogP contribution in [0.1, 0.15) is 36.7 Å². The zero-order valence-corrected chi connectivity index (χ0v) is 22.4. The van der Waals surface area contributed by atoms with Crippen molar-refractivity contribution in [3.63, 3.8) is 0 Å². The standard InChI is InChI=1S/C27H22ClF3N2O5S/c1-26(2,3)15-6-8-16(9-7-15)33(39(36)37)20-12-13-21(38-27(29,30)31)23(28)22(20)17-10-11-19(25(34)35)24-18(17)5-4-14-32-24/h4-14,39H,1-3H3,(H,34,35). The van der Waals surface area contributed by atoms with Gasteiger partial charge < -0.3 is 9.84 Å². The van der Waals surface area contributed by atoms with Crippen LogP contribution in [0.3, 0.4) is 0 Å². The maximum absolute atomic E-state index is 13.2. The van der Waals surface area contributed by atoms with E-state index in [0.29, 0.717) is 0 Å². The lowest BCUT2D eigenvalue weighted by Gasteiger charge is -2.25. The molecule has 39 heavy (non-hydrogen) atoms. The summed E-state index contributed by atoms with van der Waals surface area (Å²) in [6, 6.07) is 14.3. The number of carbonyl (C=O) groups is 1. The van der Waals surface area contributed by atoms with Gasteiger partial charge >= 0.3 is 12.3 Å². The second-order valence-electron chi connectivity index (χ2n) is 9.53. The highest BCUT2D eigenvalue weighted by Crippen LogP contribution is 2.47. The normalized spacial score (nSPS) is 12.1. The largest absolute Gasteiger partial charge is 0.573 e. The molecular weight excluding hydrogens is 557 g/mol. The Morgan fingerprint density at radius 1 is 1.00 bits per heavy atom. The van der Waals surface area contributed by atoms with Crippen molar-refractivity contribution in [2.75, 3.05) is 4.31 Å². The molecule has 1 heterocycles. The maximum Gasteiger partial charge on any atom is 0.573 e. The molecule has 4 rings (SSSR count). The molecule has 0 aliphatic heterocycles. The Bertz CT molecular complexity index is 1640. The maximum atomic E-state index is 13.2. The van der Waals surface area contributed by atoms with E-state index in [1.54, 1.807) is 24.3 Å². The van der Waals surface area contributed by atoms with Gasteiger partial charge in [-0.2, -0.15) is 0 Å². The fraction of sp³-hybridized carbons (Fsp3) is 0.185. The Morgan fingerprint density at radius 3 is 2.23 bits per heavy atom. The number of pyridine rings is 1. The van der Waals surface area contributed by atoms with Crippen molar-refractivity contribution < 1.29 is 36.2 Å². The first-order chi connectivity index (χ1) is 18.2. The number of hydrogen-bond donors (Lipinski definition) is 2. The number of benzene rings is 3. The van der Waals surface area contributed by atoms with Crippen molar-refractivity contribution in [3.05, 3.63) is 83.0 Å². The molecule has 0 atom stereocenters. The SMILES string of the molecule is CC(C)(C)c1ccc(N(c2ccc(OC(F)(F)F)c(Cl)c2-c2ccc(C(=O)O)c3ncccc23)[SH](=O)=O)cc1. The zero-order chi connectivity index (χ0) is 28.7. The fourth-order valence-corrected chi connectivity index (χ4v) is 5.13. The molecule has 0 fully saturated rings. The number of carboxylic acid groups (broad SMARTS) is 1. The van der Waals surface area contributed by atoms with Crippen LogP contribution in [0.25, 0.3) is 22.0 Å². The lowest BCUT2D eigenvalue weighted by atomic mass is 9.87. The molecule has 204 valence electrons. The van der Waals surface area contributed by atoms with Gasteiger partial charge in [0.05, 0.1) is 27.5 Å². The van der Waals surface area contributed by atoms with Gasteiger partial charge in [0, 0.05) is 17.1 Å². The van der Waals surface area contributed by atoms with Crippen LogP contribution in [0.5, 0.6) is 5.75 Å². The van der Waals surface area contributed by atoms with E-state index in [0.717, 1.165) is 22.0 Å². The number of fused-ring (bicyclic) bond motifs is 1. The summed E-state index contributed by atoms with van der Waals surface area (Å²) in [6.45, 7) is 5.97. The molecule has 7 nitrogen and oxygen atoms in total. The number of ether oxygens (including phenoxy) is 1. The Kier molecular flexibility index (Phi) is 7.50. The molecule has 4 aromatic rings. The summed E-state index contributed by atoms with van der Waals surface area (Å²) in [5.74, 6) is -2.03. The van der Waals surface area contributed by atoms with Gasteiger partial charge in [-0.1, -0.05) is 56.6 Å². The zero-order valence-electron chi connectivity index (χ0n) is 20.8. The van der Waals surface area contributed by atoms with Crippen LogP contribution in [-0.2, 0) is 16.3 Å². The average molecular weight is 579 g/mol. The van der Waals surface area contributed by atoms with Crippen molar-refractivity contribution in [1.82, 2.24) is 4.98 Å². The van der Waals surface area contributed by atoms with Crippen LogP contribution in [0.4, 0.5) is 24.5 Å². The third-order valence-corrected chi connectivity index (χ3v) is 7.10. The fourth-order valence-electron chi connectivity index (χ4n) is 4.17. The van der Waals surface area contributed by atoms with Crippen LogP contribution in [0.2, 0.25) is 5.02 Å². The quantitative estimate of drug-likeness (QED) is 0.237. The summed E-state index contributed by atoms with van der Waals surface area (Å²) in [5, 5.41) is 9.32. The highest BCUT2D eigenvalue weighted by molar-refractivity contribution is 7.74. The molecule has 0 amide bonds. The van der Waals surface area contributed by atoms with E-state index in [4.69, 9.17) is 11.6 Å². The van der Waals surface area contributed by atoms with Crippen molar-refractivity contribution in [3.8, 4) is 16.9 Å². The number of aromatic nitrogens is 1. The average Bonchev–Trinajstić information content (AvgIpc) is 2.84. The van der Waals surface area contributed by atoms with E-state index < -0.39 is 34.0 Å². The molecule has 0 spiro atoms. The minimum absolute atomic E-state index is 0.0410. The molecule has 1 N–H and O–H groups in total. The summed E-state index contributed by atoms with van der Waals surface area (Å²) in [5.41, 5.74) is 0.787. The number of nitrogens with zero attached hydrogens (tertiary/aromatic N) is 2. The number of aromatic carboxylic acids is 1. The van der Waals surface area contributed by atoms with E-state index in [9.17, 15) is 31.5 Å². The summed E-state index contributed by atoms with van der Waals surface area (Å²) >= 11 is 6.49. The van der Waals surface area contributed by atoms with E-state index in [1.165, 1.54) is 30.5 Å². The number of alkyl halides is 3. The first kappa shape index (κ1) is 28.2. The van der Waals surface area contributed by atoms with Crippen molar-refractivity contribution in [1.29, 1.82) is 0 Å². The Balaban J connectivity index is 2.05. The lowest BCUT2D eigenvalue weighted by molar-refractivity contribution is -0.274. The topological polar surface area (TPSA) is 96.8 Å². The van der Waals surface area contributed by atoms with Crippen LogP contribution in [-0.4, -0.2) is 30.8 Å².